The van der Waals surface area contributed by atoms with Crippen LogP contribution in [-0.4, -0.2) is 51.9 Å². The normalized spacial score (nSPS) is 26.6. The second-order valence-corrected chi connectivity index (χ2v) is 8.69. The van der Waals surface area contributed by atoms with E-state index in [1.54, 1.807) is 17.5 Å². The molecule has 0 saturated carbocycles. The number of hydrogen-bond donors (Lipinski definition) is 0. The first-order valence-electron chi connectivity index (χ1n) is 9.08. The van der Waals surface area contributed by atoms with Gasteiger partial charge in [0.2, 0.25) is 0 Å². The third kappa shape index (κ3) is 3.52. The van der Waals surface area contributed by atoms with E-state index in [0.717, 1.165) is 16.3 Å². The lowest BCUT2D eigenvalue weighted by atomic mass is 9.75. The number of nitrogens with zero attached hydrogens (tertiary/aromatic N) is 4. The summed E-state index contributed by atoms with van der Waals surface area (Å²) in [6, 6.07) is 3.91. The number of alkyl halides is 2. The Hall–Kier alpha value is -1.44. The van der Waals surface area contributed by atoms with Gasteiger partial charge in [0, 0.05) is 56.9 Å². The predicted molar refractivity (Wildman–Crippen MR) is 98.3 cm³/mol. The Morgan fingerprint density at radius 2 is 1.92 bits per heavy atom. The van der Waals surface area contributed by atoms with Crippen LogP contribution < -0.4 is 0 Å². The van der Waals surface area contributed by atoms with Gasteiger partial charge in [0.1, 0.15) is 0 Å². The fourth-order valence-corrected chi connectivity index (χ4v) is 4.91. The topological polar surface area (TPSA) is 32.3 Å². The van der Waals surface area contributed by atoms with Gasteiger partial charge >= 0.3 is 0 Å². The third-order valence-electron chi connectivity index (χ3n) is 5.66. The van der Waals surface area contributed by atoms with Crippen molar-refractivity contribution in [2.45, 2.75) is 38.8 Å². The summed E-state index contributed by atoms with van der Waals surface area (Å²) in [7, 11) is 0. The molecule has 0 N–H and O–H groups in total. The molecule has 0 bridgehead atoms. The molecule has 0 aliphatic carbocycles. The number of hydrogen-bond acceptors (Lipinski definition) is 5. The molecule has 140 valence electrons. The van der Waals surface area contributed by atoms with E-state index in [0.29, 0.717) is 45.7 Å². The van der Waals surface area contributed by atoms with Gasteiger partial charge in [-0.25, -0.2) is 13.8 Å². The predicted octanol–water partition coefficient (Wildman–Crippen LogP) is 3.58. The lowest BCUT2D eigenvalue weighted by molar-refractivity contribution is -0.163. The van der Waals surface area contributed by atoms with Crippen LogP contribution in [0, 0.1) is 12.3 Å². The van der Waals surface area contributed by atoms with Crippen molar-refractivity contribution in [2.24, 2.45) is 5.41 Å². The van der Waals surface area contributed by atoms with Gasteiger partial charge in [0.05, 0.1) is 16.1 Å². The van der Waals surface area contributed by atoms with Gasteiger partial charge < -0.3 is 0 Å². The molecule has 4 heterocycles. The van der Waals surface area contributed by atoms with Crippen molar-refractivity contribution in [1.29, 1.82) is 0 Å². The van der Waals surface area contributed by atoms with Gasteiger partial charge in [0.25, 0.3) is 5.92 Å². The summed E-state index contributed by atoms with van der Waals surface area (Å²) in [6.07, 6.45) is 4.05. The summed E-state index contributed by atoms with van der Waals surface area (Å²) in [5.41, 5.74) is 1.13. The summed E-state index contributed by atoms with van der Waals surface area (Å²) in [5, 5.41) is 3.06. The van der Waals surface area contributed by atoms with Gasteiger partial charge in [-0.1, -0.05) is 6.07 Å². The summed E-state index contributed by atoms with van der Waals surface area (Å²) in [5.74, 6) is -2.61. The molecule has 4 rings (SSSR count). The van der Waals surface area contributed by atoms with Crippen molar-refractivity contribution >= 4 is 11.3 Å². The monoisotopic (exact) mass is 378 g/mol. The van der Waals surface area contributed by atoms with E-state index in [2.05, 4.69) is 19.8 Å². The van der Waals surface area contributed by atoms with Crippen molar-refractivity contribution in [3.05, 3.63) is 46.2 Å². The molecule has 2 aliphatic rings. The zero-order chi connectivity index (χ0) is 18.2. The van der Waals surface area contributed by atoms with E-state index in [-0.39, 0.29) is 6.42 Å². The van der Waals surface area contributed by atoms with Crippen LogP contribution in [-0.2, 0) is 13.1 Å². The largest absolute Gasteiger partial charge is 0.298 e. The van der Waals surface area contributed by atoms with Crippen LogP contribution in [0.15, 0.2) is 29.9 Å². The molecule has 26 heavy (non-hydrogen) atoms. The average molecular weight is 378 g/mol. The van der Waals surface area contributed by atoms with Crippen molar-refractivity contribution in [2.75, 3.05) is 26.2 Å². The number of aromatic nitrogens is 2. The SMILES string of the molecule is Cc1nc(CN2CCC3(CN(Cc4cccnc4)CCC3(F)F)C2)cs1. The molecule has 0 radical (unpaired) electrons. The Kier molecular flexibility index (Phi) is 4.79. The van der Waals surface area contributed by atoms with Crippen LogP contribution in [0.1, 0.15) is 29.1 Å². The Bertz CT molecular complexity index is 751. The molecular formula is C19H24F2N4S. The minimum absolute atomic E-state index is 0.0586. The van der Waals surface area contributed by atoms with Crippen LogP contribution in [0.5, 0.6) is 0 Å². The second-order valence-electron chi connectivity index (χ2n) is 7.63. The Balaban J connectivity index is 1.46. The maximum Gasteiger partial charge on any atom is 0.257 e. The Morgan fingerprint density at radius 1 is 1.15 bits per heavy atom. The molecule has 1 unspecified atom stereocenters. The summed E-state index contributed by atoms with van der Waals surface area (Å²) in [6.45, 7) is 5.39. The molecule has 2 saturated heterocycles. The molecule has 7 heteroatoms. The number of rotatable bonds is 4. The van der Waals surface area contributed by atoms with Crippen LogP contribution in [0.4, 0.5) is 8.78 Å². The maximum atomic E-state index is 14.9. The Labute approximate surface area is 156 Å². The van der Waals surface area contributed by atoms with Crippen LogP contribution >= 0.6 is 11.3 Å². The Morgan fingerprint density at radius 3 is 2.62 bits per heavy atom. The minimum Gasteiger partial charge on any atom is -0.298 e. The van der Waals surface area contributed by atoms with Crippen molar-refractivity contribution in [3.8, 4) is 0 Å². The van der Waals surface area contributed by atoms with E-state index in [1.165, 1.54) is 0 Å². The van der Waals surface area contributed by atoms with E-state index in [9.17, 15) is 8.78 Å². The molecule has 2 fully saturated rings. The molecule has 2 aliphatic heterocycles. The van der Waals surface area contributed by atoms with Crippen molar-refractivity contribution in [3.63, 3.8) is 0 Å². The molecule has 2 aromatic rings. The maximum absolute atomic E-state index is 14.9. The van der Waals surface area contributed by atoms with Crippen LogP contribution in [0.3, 0.4) is 0 Å². The third-order valence-corrected chi connectivity index (χ3v) is 6.48. The van der Waals surface area contributed by atoms with Gasteiger partial charge in [-0.3, -0.25) is 14.8 Å². The number of thiazole rings is 1. The highest BCUT2D eigenvalue weighted by molar-refractivity contribution is 7.09. The van der Waals surface area contributed by atoms with E-state index in [1.807, 2.05) is 30.6 Å². The van der Waals surface area contributed by atoms with Gasteiger partial charge in [-0.2, -0.15) is 0 Å². The molecule has 0 amide bonds. The highest BCUT2D eigenvalue weighted by Crippen LogP contribution is 2.49. The molecule has 1 spiro atoms. The number of piperidine rings is 1. The van der Waals surface area contributed by atoms with Gasteiger partial charge in [0.15, 0.2) is 0 Å². The van der Waals surface area contributed by atoms with Crippen LogP contribution in [0.25, 0.3) is 0 Å². The van der Waals surface area contributed by atoms with Crippen molar-refractivity contribution < 1.29 is 8.78 Å². The highest BCUT2D eigenvalue weighted by Gasteiger charge is 2.59. The number of pyridine rings is 1. The molecule has 1 atom stereocenters. The van der Waals surface area contributed by atoms with Crippen LogP contribution in [0.2, 0.25) is 0 Å². The molecule has 0 aromatic carbocycles. The zero-order valence-electron chi connectivity index (χ0n) is 15.0. The fourth-order valence-electron chi connectivity index (χ4n) is 4.30. The first kappa shape index (κ1) is 17.9. The number of likely N-dealkylation sites (tertiary alicyclic amines) is 2. The first-order chi connectivity index (χ1) is 12.5. The van der Waals surface area contributed by atoms with E-state index in [4.69, 9.17) is 0 Å². The standard InChI is InChI=1S/C19H24F2N4S/c1-15-23-17(12-26-15)11-25-7-4-18(14-25)13-24(8-5-19(18,20)21)10-16-3-2-6-22-9-16/h2-3,6,9,12H,4-5,7-8,10-11,13-14H2,1H3. The minimum atomic E-state index is -2.61. The van der Waals surface area contributed by atoms with Gasteiger partial charge in [-0.05, 0) is 31.5 Å². The molecular weight excluding hydrogens is 354 g/mol. The van der Waals surface area contributed by atoms with Crippen molar-refractivity contribution in [1.82, 2.24) is 19.8 Å². The summed E-state index contributed by atoms with van der Waals surface area (Å²) in [4.78, 5) is 12.9. The van der Waals surface area contributed by atoms with E-state index >= 15 is 0 Å². The molecule has 2 aromatic heterocycles. The summed E-state index contributed by atoms with van der Waals surface area (Å²) >= 11 is 1.62. The quantitative estimate of drug-likeness (QED) is 0.814. The highest BCUT2D eigenvalue weighted by atomic mass is 32.1. The lowest BCUT2D eigenvalue weighted by Gasteiger charge is -2.46. The number of aryl methyl sites for hydroxylation is 1. The van der Waals surface area contributed by atoms with E-state index < -0.39 is 11.3 Å². The smallest absolute Gasteiger partial charge is 0.257 e. The zero-order valence-corrected chi connectivity index (χ0v) is 15.8. The first-order valence-corrected chi connectivity index (χ1v) is 9.96. The molecule has 4 nitrogen and oxygen atoms in total. The average Bonchev–Trinajstić information content (AvgIpc) is 3.20. The number of halogens is 2. The lowest BCUT2D eigenvalue weighted by Crippen LogP contribution is -2.56. The fraction of sp³-hybridized carbons (Fsp3) is 0.579. The second kappa shape index (κ2) is 6.94. The van der Waals surface area contributed by atoms with Gasteiger partial charge in [-0.15, -0.1) is 11.3 Å². The summed E-state index contributed by atoms with van der Waals surface area (Å²) < 4.78 is 29.8.